The molecule has 3 aromatic carbocycles. The fourth-order valence-electron chi connectivity index (χ4n) is 14.2. The van der Waals surface area contributed by atoms with Crippen molar-refractivity contribution in [2.45, 2.75) is 266 Å². The first-order valence-electron chi connectivity index (χ1n) is 45.6. The Balaban J connectivity index is 1.57. The molecule has 54 heteroatoms. The predicted octanol–water partition coefficient (Wildman–Crippen LogP) is -10.7. The molecule has 0 aromatic heterocycles. The van der Waals surface area contributed by atoms with E-state index in [-0.39, 0.29) is 62.5 Å². The fourth-order valence-corrected chi connectivity index (χ4v) is 14.4. The molecular weight excluding hydrogens is 1900 g/mol. The molecule has 3 aromatic rings. The molecule has 1 saturated heterocycles. The number of phenols is 1. The third-order valence-electron chi connectivity index (χ3n) is 22.4. The van der Waals surface area contributed by atoms with Gasteiger partial charge in [-0.15, -0.1) is 0 Å². The number of carbonyl (C=O) groups excluding carboxylic acids is 19. The number of aliphatic hydroxyl groups is 4. The first-order valence-corrected chi connectivity index (χ1v) is 46.2. The third-order valence-corrected chi connectivity index (χ3v) is 22.7. The van der Waals surface area contributed by atoms with Gasteiger partial charge in [0.25, 0.3) is 0 Å². The second-order valence-electron chi connectivity index (χ2n) is 34.1. The molecule has 0 radical (unpaired) electrons. The number of nitrogens with zero attached hydrogens (tertiary/aromatic N) is 2. The van der Waals surface area contributed by atoms with E-state index in [1.54, 1.807) is 74.5 Å². The number of likely N-dealkylation sites (tertiary alicyclic amines) is 1. The maximum absolute atomic E-state index is 15.0. The summed E-state index contributed by atoms with van der Waals surface area (Å²) in [5.41, 5.74) is 28.5. The van der Waals surface area contributed by atoms with Crippen LogP contribution in [0.2, 0.25) is 0 Å². The summed E-state index contributed by atoms with van der Waals surface area (Å²) < 4.78 is 0. The Morgan fingerprint density at radius 1 is 0.427 bits per heavy atom. The van der Waals surface area contributed by atoms with E-state index in [0.717, 1.165) is 44.7 Å². The van der Waals surface area contributed by atoms with Crippen LogP contribution < -0.4 is 114 Å². The number of guanidine groups is 1. The molecule has 53 nitrogen and oxygen atoms in total. The van der Waals surface area contributed by atoms with Gasteiger partial charge in [-0.2, -0.15) is 12.6 Å². The summed E-state index contributed by atoms with van der Waals surface area (Å²) in [6, 6.07) is -8.80. The summed E-state index contributed by atoms with van der Waals surface area (Å²) in [7, 11) is 0. The van der Waals surface area contributed by atoms with E-state index < -0.39 is 334 Å². The van der Waals surface area contributed by atoms with Crippen LogP contribution in [0.1, 0.15) is 142 Å². The zero-order chi connectivity index (χ0) is 107. The molecule has 21 atom stereocenters. The van der Waals surface area contributed by atoms with Gasteiger partial charge in [0.15, 0.2) is 5.96 Å². The highest BCUT2D eigenvalue weighted by atomic mass is 32.1. The average molecular weight is 2040 g/mol. The van der Waals surface area contributed by atoms with Crippen LogP contribution in [-0.4, -0.2) is 335 Å². The number of benzene rings is 3. The number of carboxylic acids is 3. The van der Waals surface area contributed by atoms with E-state index in [1.165, 1.54) is 19.1 Å². The van der Waals surface area contributed by atoms with Gasteiger partial charge < -0.3 is 159 Å². The van der Waals surface area contributed by atoms with Crippen LogP contribution in [0.15, 0.2) is 89.9 Å². The number of nitrogens with two attached hydrogens (primary N) is 5. The van der Waals surface area contributed by atoms with Crippen molar-refractivity contribution in [3.63, 3.8) is 0 Å². The van der Waals surface area contributed by atoms with Crippen LogP contribution in [0.4, 0.5) is 0 Å². The highest BCUT2D eigenvalue weighted by molar-refractivity contribution is 7.80. The molecule has 1 heterocycles. The highest BCUT2D eigenvalue weighted by Gasteiger charge is 2.44. The van der Waals surface area contributed by atoms with Crippen molar-refractivity contribution in [2.24, 2.45) is 39.6 Å². The van der Waals surface area contributed by atoms with Gasteiger partial charge in [-0.05, 0) is 114 Å². The summed E-state index contributed by atoms with van der Waals surface area (Å²) >= 11 is 4.08. The highest BCUT2D eigenvalue weighted by Crippen LogP contribution is 2.22. The monoisotopic (exact) mass is 2030 g/mol. The number of nitrogens with one attached hydrogen (secondary N) is 16. The minimum absolute atomic E-state index is 0.0211. The number of hydrogen-bond donors (Lipinski definition) is 30. The van der Waals surface area contributed by atoms with Crippen molar-refractivity contribution in [2.75, 3.05) is 32.0 Å². The maximum atomic E-state index is 15.0. The second kappa shape index (κ2) is 60.4. The quantitative estimate of drug-likeness (QED) is 0.0108. The van der Waals surface area contributed by atoms with Crippen molar-refractivity contribution >= 4 is 149 Å². The zero-order valence-corrected chi connectivity index (χ0v) is 80.5. The lowest BCUT2D eigenvalue weighted by Crippen LogP contribution is -2.63. The summed E-state index contributed by atoms with van der Waals surface area (Å²) in [5, 5.41) is 120. The number of amides is 19. The molecule has 0 spiro atoms. The molecule has 34 N–H and O–H groups in total. The minimum atomic E-state index is -2.16. The fraction of sp³-hybridized carbons (Fsp3) is 0.539. The van der Waals surface area contributed by atoms with Crippen molar-refractivity contribution in [3.05, 3.63) is 102 Å². The zero-order valence-electron chi connectivity index (χ0n) is 79.6. The van der Waals surface area contributed by atoms with Crippen LogP contribution in [0.3, 0.4) is 0 Å². The Labute approximate surface area is 826 Å². The lowest BCUT2D eigenvalue weighted by Gasteiger charge is -2.30. The first-order chi connectivity index (χ1) is 67.3. The van der Waals surface area contributed by atoms with E-state index in [1.807, 2.05) is 0 Å². The van der Waals surface area contributed by atoms with Crippen LogP contribution in [0.5, 0.6) is 5.75 Å². The van der Waals surface area contributed by atoms with Crippen LogP contribution in [0, 0.1) is 5.92 Å². The number of rotatable bonds is 62. The van der Waals surface area contributed by atoms with E-state index in [9.17, 15) is 146 Å². The van der Waals surface area contributed by atoms with Crippen molar-refractivity contribution in [1.82, 2.24) is 90.0 Å². The van der Waals surface area contributed by atoms with Gasteiger partial charge in [-0.3, -0.25) is 106 Å². The van der Waals surface area contributed by atoms with Crippen LogP contribution in [-0.2, 0) is 125 Å². The third kappa shape index (κ3) is 41.9. The van der Waals surface area contributed by atoms with Gasteiger partial charge in [0.1, 0.15) is 102 Å². The molecule has 1 aliphatic rings. The number of thiol groups is 1. The largest absolute Gasteiger partial charge is 0.508 e. The molecule has 0 saturated carbocycles. The number of aromatic hydroxyl groups is 1. The predicted molar refractivity (Wildman–Crippen MR) is 507 cm³/mol. The molecule has 4 rings (SSSR count). The summed E-state index contributed by atoms with van der Waals surface area (Å²) in [6.07, 6.45) is -11.5. The van der Waals surface area contributed by atoms with Gasteiger partial charge in [0, 0.05) is 57.4 Å². The molecule has 143 heavy (non-hydrogen) atoms. The van der Waals surface area contributed by atoms with Crippen LogP contribution in [0.25, 0.3) is 0 Å². The second-order valence-corrected chi connectivity index (χ2v) is 34.5. The number of primary amides is 2. The molecule has 0 unspecified atom stereocenters. The standard InChI is InChI=1S/C89H131N23O30S/c1-8-42(2)68(108-72(125)43(3)90)83(136)101-52(28-31-66(121)122)74(127)96-39-65(120)98-61(41-143)81(134)111-69(45(5)114)84(137)97-44(4)73(126)109-70(46(6)115)86(139)107-60(40-113)80(133)100-54(29-32-67(123)124)75(128)103-57(37-50-23-25-51(117)26-24-50)77(130)99-53(27-30-63(91)118)76(129)110-71(47(7)116)85(138)105-58(36-49-19-13-10-14-20-49)78(131)104-56(35-48-17-11-9-12-18-48)79(132)106-59(38-64(92)119)87(140)112-34-16-22-62(112)82(135)102-55(88(141)142)21-15-33-95-89(93)94/h9-14,17-20,23-26,42-47,52-62,68-71,113-117,143H,8,15-16,21-22,27-41,90H2,1-7H3,(H2,91,118)(H2,92,119)(H,96,127)(H,97,137)(H,98,120)(H,99,130)(H,100,133)(H,101,136)(H,102,135)(H,103,128)(H,104,131)(H,105,138)(H,106,132)(H,107,139)(H,108,125)(H,109,126)(H,110,129)(H,111,134)(H,121,122)(H,123,124)(H,141,142)(H4,93,94,95)/t42-,43-,44-,45+,46+,47+,52-,53-,54-,55-,56-,57-,58-,59-,60-,61-,62-,68-,69-,70-,71-/m0/s1. The number of phenolic OH excluding ortho intramolecular Hbond substituents is 1. The number of carboxylic acid groups (broad SMARTS) is 3. The van der Waals surface area contributed by atoms with E-state index in [4.69, 9.17) is 28.7 Å². The van der Waals surface area contributed by atoms with Gasteiger partial charge in [-0.1, -0.05) is 93.1 Å². The number of carbonyl (C=O) groups is 22. The first kappa shape index (κ1) is 121. The Kier molecular flexibility index (Phi) is 50.9. The van der Waals surface area contributed by atoms with Crippen LogP contribution >= 0.6 is 12.6 Å². The Hall–Kier alpha value is -14.8. The molecule has 1 aliphatic heterocycles. The average Bonchev–Trinajstić information content (AvgIpc) is 1.68. The molecule has 1 fully saturated rings. The SMILES string of the molecule is CC[C@H](C)[C@H](NC(=O)[C@H](C)N)C(=O)N[C@@H](CCC(=O)O)C(=O)NCC(=O)N[C@@H](CS)C(=O)N[C@H](C(=O)N[C@@H](C)C(=O)N[C@H](C(=O)N[C@@H](CO)C(=O)N[C@@H](CCC(=O)O)C(=O)N[C@@H](Cc1ccc(O)cc1)C(=O)N[C@@H](CCC(N)=O)C(=O)N[C@H](C(=O)N[C@@H](Cc1ccccc1)C(=O)N[C@@H](Cc1ccccc1)C(=O)N[C@@H](CC(N)=O)C(=O)N1CCC[C@H]1C(=O)N[C@@H](CCCN=C(N)N)C(=O)O)[C@@H](C)O)[C@@H](C)O)[C@@H](C)O. The van der Waals surface area contributed by atoms with Crippen molar-refractivity contribution in [1.29, 1.82) is 0 Å². The molecular formula is C89H131N23O30S. The Morgan fingerprint density at radius 2 is 0.818 bits per heavy atom. The van der Waals surface area contributed by atoms with Gasteiger partial charge in [0.2, 0.25) is 112 Å². The lowest BCUT2D eigenvalue weighted by molar-refractivity contribution is -0.145. The smallest absolute Gasteiger partial charge is 0.326 e. The van der Waals surface area contributed by atoms with Crippen molar-refractivity contribution < 1.29 is 146 Å². The topological polar surface area (TPSA) is 876 Å². The van der Waals surface area contributed by atoms with Gasteiger partial charge in [-0.25, -0.2) is 4.79 Å². The molecule has 19 amide bonds. The number of hydrogen-bond acceptors (Lipinski definition) is 30. The van der Waals surface area contributed by atoms with E-state index in [2.05, 4.69) is 103 Å². The Morgan fingerprint density at radius 3 is 1.25 bits per heavy atom. The molecule has 0 bridgehead atoms. The molecule has 0 aliphatic carbocycles. The summed E-state index contributed by atoms with van der Waals surface area (Å²) in [6.45, 7) is 6.43. The van der Waals surface area contributed by atoms with E-state index >= 15 is 0 Å². The Bertz CT molecular complexity index is 4960. The van der Waals surface area contributed by atoms with Gasteiger partial charge in [0.05, 0.1) is 43.9 Å². The summed E-state index contributed by atoms with van der Waals surface area (Å²) in [4.78, 5) is 305. The number of aliphatic carboxylic acids is 3. The number of aliphatic imine (C=N–C) groups is 1. The maximum Gasteiger partial charge on any atom is 0.326 e. The van der Waals surface area contributed by atoms with E-state index in [0.29, 0.717) is 17.5 Å². The summed E-state index contributed by atoms with van der Waals surface area (Å²) in [5.74, 6) is -27.9. The molecule has 788 valence electrons. The number of aliphatic hydroxyl groups excluding tert-OH is 4. The van der Waals surface area contributed by atoms with Gasteiger partial charge >= 0.3 is 17.9 Å². The lowest BCUT2D eigenvalue weighted by atomic mass is 9.97. The minimum Gasteiger partial charge on any atom is -0.508 e. The van der Waals surface area contributed by atoms with Crippen molar-refractivity contribution in [3.8, 4) is 5.75 Å². The normalized spacial score (nSPS) is 16.3.